The van der Waals surface area contributed by atoms with Crippen LogP contribution in [0.3, 0.4) is 0 Å². The summed E-state index contributed by atoms with van der Waals surface area (Å²) in [6, 6.07) is 9.03. The minimum Gasteiger partial charge on any atom is -0.297 e. The number of benzene rings is 1. The molecule has 130 valence electrons. The maximum atomic E-state index is 12.5. The zero-order chi connectivity index (χ0) is 18.2. The minimum absolute atomic E-state index is 0.0403. The molecule has 0 aliphatic carbocycles. The maximum absolute atomic E-state index is 12.5. The average Bonchev–Trinajstić information content (AvgIpc) is 3.14. The molecule has 0 saturated carbocycles. The molecule has 0 radical (unpaired) electrons. The van der Waals surface area contributed by atoms with Gasteiger partial charge in [0, 0.05) is 25.7 Å². The van der Waals surface area contributed by atoms with Crippen LogP contribution in [0.1, 0.15) is 36.1 Å². The van der Waals surface area contributed by atoms with E-state index in [0.29, 0.717) is 20.1 Å². The van der Waals surface area contributed by atoms with Gasteiger partial charge in [-0.05, 0) is 35.9 Å². The number of thiophene rings is 1. The summed E-state index contributed by atoms with van der Waals surface area (Å²) in [5.74, 6) is -0.167. The average molecular weight is 411 g/mol. The van der Waals surface area contributed by atoms with Gasteiger partial charge in [-0.3, -0.25) is 10.1 Å². The predicted molar refractivity (Wildman–Crippen MR) is 109 cm³/mol. The van der Waals surface area contributed by atoms with Crippen LogP contribution in [0.2, 0.25) is 10.0 Å². The number of rotatable bonds is 3. The molecule has 25 heavy (non-hydrogen) atoms. The van der Waals surface area contributed by atoms with Crippen LogP contribution in [0, 0.1) is 0 Å². The Bertz CT molecular complexity index is 905. The highest BCUT2D eigenvalue weighted by molar-refractivity contribution is 7.17. The number of halogens is 2. The van der Waals surface area contributed by atoms with Crippen LogP contribution in [0.15, 0.2) is 35.7 Å². The van der Waals surface area contributed by atoms with Crippen molar-refractivity contribution in [1.82, 2.24) is 4.98 Å². The third-order valence-electron chi connectivity index (χ3n) is 3.47. The van der Waals surface area contributed by atoms with Crippen LogP contribution in [0.4, 0.5) is 5.13 Å². The molecule has 3 nitrogen and oxygen atoms in total. The number of carbonyl (C=O) groups is 1. The molecule has 0 fully saturated rings. The summed E-state index contributed by atoms with van der Waals surface area (Å²) >= 11 is 14.9. The lowest BCUT2D eigenvalue weighted by molar-refractivity contribution is 0.103. The Labute approximate surface area is 164 Å². The predicted octanol–water partition coefficient (Wildman–Crippen LogP) is 6.73. The summed E-state index contributed by atoms with van der Waals surface area (Å²) in [6.07, 6.45) is 0. The Morgan fingerprint density at radius 3 is 2.40 bits per heavy atom. The highest BCUT2D eigenvalue weighted by Gasteiger charge is 2.19. The molecule has 7 heteroatoms. The zero-order valence-corrected chi connectivity index (χ0v) is 17.0. The van der Waals surface area contributed by atoms with Gasteiger partial charge in [0.15, 0.2) is 5.13 Å². The Hall–Kier alpha value is -1.40. The minimum atomic E-state index is -0.167. The number of aromatic nitrogens is 1. The maximum Gasteiger partial charge on any atom is 0.267 e. The summed E-state index contributed by atoms with van der Waals surface area (Å²) in [6.45, 7) is 6.28. The Morgan fingerprint density at radius 2 is 1.80 bits per heavy atom. The van der Waals surface area contributed by atoms with E-state index in [-0.39, 0.29) is 11.3 Å². The van der Waals surface area contributed by atoms with Crippen molar-refractivity contribution in [2.45, 2.75) is 26.2 Å². The second-order valence-corrected chi connectivity index (χ2v) is 9.38. The number of nitrogens with one attached hydrogen (secondary N) is 1. The molecule has 1 aromatic carbocycles. The molecular formula is C18H16Cl2N2OS2. The fourth-order valence-corrected chi connectivity index (χ4v) is 4.49. The van der Waals surface area contributed by atoms with E-state index < -0.39 is 0 Å². The fraction of sp³-hybridized carbons (Fsp3) is 0.222. The quantitative estimate of drug-likeness (QED) is 0.519. The number of hydrogen-bond donors (Lipinski definition) is 1. The summed E-state index contributed by atoms with van der Waals surface area (Å²) in [7, 11) is 0. The van der Waals surface area contributed by atoms with Crippen molar-refractivity contribution in [1.29, 1.82) is 0 Å². The van der Waals surface area contributed by atoms with Crippen molar-refractivity contribution in [3.63, 3.8) is 0 Å². The molecule has 0 saturated heterocycles. The largest absolute Gasteiger partial charge is 0.297 e. The molecule has 0 aliphatic heterocycles. The van der Waals surface area contributed by atoms with Gasteiger partial charge in [0.1, 0.15) is 0 Å². The van der Waals surface area contributed by atoms with Crippen LogP contribution in [0.5, 0.6) is 0 Å². The normalized spacial score (nSPS) is 11.6. The van der Waals surface area contributed by atoms with Crippen LogP contribution in [-0.4, -0.2) is 10.9 Å². The number of nitrogens with zero attached hydrogens (tertiary/aromatic N) is 1. The standard InChI is InChI=1S/C18H16Cl2N2OS2/c1-18(2,3)15-9-24-17(21-15)22-16(23)14-5-4-13(25-14)10-6-11(19)8-12(20)7-10/h4-9H,1-3H3,(H,21,22,23). The number of amides is 1. The molecule has 0 bridgehead atoms. The van der Waals surface area contributed by atoms with Gasteiger partial charge in [-0.15, -0.1) is 22.7 Å². The van der Waals surface area contributed by atoms with E-state index in [1.165, 1.54) is 22.7 Å². The molecule has 2 aromatic heterocycles. The van der Waals surface area contributed by atoms with Crippen LogP contribution >= 0.6 is 45.9 Å². The Balaban J connectivity index is 1.78. The van der Waals surface area contributed by atoms with Crippen molar-refractivity contribution >= 4 is 56.9 Å². The highest BCUT2D eigenvalue weighted by atomic mass is 35.5. The molecule has 0 unspecified atom stereocenters. The Morgan fingerprint density at radius 1 is 1.12 bits per heavy atom. The first-order valence-corrected chi connectivity index (χ1v) is 10.0. The van der Waals surface area contributed by atoms with Gasteiger partial charge >= 0.3 is 0 Å². The van der Waals surface area contributed by atoms with E-state index in [2.05, 4.69) is 31.1 Å². The van der Waals surface area contributed by atoms with E-state index in [1.54, 1.807) is 12.1 Å². The van der Waals surface area contributed by atoms with Crippen LogP contribution in [-0.2, 0) is 5.41 Å². The molecule has 0 atom stereocenters. The lowest BCUT2D eigenvalue weighted by atomic mass is 9.93. The number of carbonyl (C=O) groups excluding carboxylic acids is 1. The Kier molecular flexibility index (Phi) is 5.21. The summed E-state index contributed by atoms with van der Waals surface area (Å²) in [5, 5.41) is 6.59. The van der Waals surface area contributed by atoms with Gasteiger partial charge in [-0.25, -0.2) is 4.98 Å². The first-order chi connectivity index (χ1) is 11.7. The second kappa shape index (κ2) is 7.08. The molecule has 0 spiro atoms. The van der Waals surface area contributed by atoms with Gasteiger partial charge in [0.25, 0.3) is 5.91 Å². The van der Waals surface area contributed by atoms with Crippen molar-refractivity contribution in [2.75, 3.05) is 5.32 Å². The third kappa shape index (κ3) is 4.42. The van der Waals surface area contributed by atoms with Gasteiger partial charge < -0.3 is 0 Å². The fourth-order valence-electron chi connectivity index (χ4n) is 2.15. The lowest BCUT2D eigenvalue weighted by Crippen LogP contribution is -2.13. The zero-order valence-electron chi connectivity index (χ0n) is 13.9. The van der Waals surface area contributed by atoms with E-state index in [4.69, 9.17) is 23.2 Å². The first-order valence-electron chi connectivity index (χ1n) is 7.56. The number of thiazole rings is 1. The van der Waals surface area contributed by atoms with Gasteiger partial charge in [-0.1, -0.05) is 44.0 Å². The van der Waals surface area contributed by atoms with Crippen molar-refractivity contribution in [2.24, 2.45) is 0 Å². The highest BCUT2D eigenvalue weighted by Crippen LogP contribution is 2.33. The van der Waals surface area contributed by atoms with E-state index in [1.807, 2.05) is 23.6 Å². The van der Waals surface area contributed by atoms with E-state index in [9.17, 15) is 4.79 Å². The van der Waals surface area contributed by atoms with E-state index >= 15 is 0 Å². The molecule has 1 amide bonds. The topological polar surface area (TPSA) is 42.0 Å². The molecule has 1 N–H and O–H groups in total. The van der Waals surface area contributed by atoms with Crippen molar-refractivity contribution in [3.05, 3.63) is 56.3 Å². The van der Waals surface area contributed by atoms with Gasteiger partial charge in [0.2, 0.25) is 0 Å². The summed E-state index contributed by atoms with van der Waals surface area (Å²) in [4.78, 5) is 18.5. The van der Waals surface area contributed by atoms with Gasteiger partial charge in [0.05, 0.1) is 10.6 Å². The molecule has 3 rings (SSSR count). The molecular weight excluding hydrogens is 395 g/mol. The van der Waals surface area contributed by atoms with Gasteiger partial charge in [-0.2, -0.15) is 0 Å². The monoisotopic (exact) mass is 410 g/mol. The summed E-state index contributed by atoms with van der Waals surface area (Å²) in [5.41, 5.74) is 1.82. The number of hydrogen-bond acceptors (Lipinski definition) is 4. The SMILES string of the molecule is CC(C)(C)c1csc(NC(=O)c2ccc(-c3cc(Cl)cc(Cl)c3)s2)n1. The summed E-state index contributed by atoms with van der Waals surface area (Å²) < 4.78 is 0. The van der Waals surface area contributed by atoms with Crippen LogP contribution < -0.4 is 5.32 Å². The van der Waals surface area contributed by atoms with Crippen molar-refractivity contribution < 1.29 is 4.79 Å². The van der Waals surface area contributed by atoms with E-state index in [0.717, 1.165) is 16.1 Å². The third-order valence-corrected chi connectivity index (χ3v) is 5.80. The molecule has 0 aliphatic rings. The van der Waals surface area contributed by atoms with Crippen LogP contribution in [0.25, 0.3) is 10.4 Å². The molecule has 2 heterocycles. The second-order valence-electron chi connectivity index (χ2n) is 6.56. The smallest absolute Gasteiger partial charge is 0.267 e. The lowest BCUT2D eigenvalue weighted by Gasteiger charge is -2.14. The first kappa shape index (κ1) is 18.4. The molecule has 3 aromatic rings. The van der Waals surface area contributed by atoms with Crippen molar-refractivity contribution in [3.8, 4) is 10.4 Å². The number of anilines is 1.